The molecule has 3 nitrogen and oxygen atoms in total. The van der Waals surface area contributed by atoms with Crippen molar-refractivity contribution in [3.8, 4) is 16.9 Å². The first-order valence-corrected chi connectivity index (χ1v) is 6.85. The molecule has 0 spiro atoms. The Morgan fingerprint density at radius 3 is 2.74 bits per heavy atom. The highest BCUT2D eigenvalue weighted by Crippen LogP contribution is 2.37. The molecule has 5 heteroatoms. The molecule has 2 aromatic carbocycles. The maximum absolute atomic E-state index is 10.0. The molecule has 0 amide bonds. The molecule has 1 aromatic heterocycles. The van der Waals surface area contributed by atoms with Crippen LogP contribution in [-0.2, 0) is 7.05 Å². The Morgan fingerprint density at radius 1 is 1.21 bits per heavy atom. The minimum absolute atomic E-state index is 0.154. The van der Waals surface area contributed by atoms with Crippen molar-refractivity contribution in [2.45, 2.75) is 0 Å². The fraction of sp³-hybridized carbons (Fsp3) is 0.0714. The van der Waals surface area contributed by atoms with E-state index in [4.69, 9.17) is 11.6 Å². The smallest absolute Gasteiger partial charge is 0.124 e. The van der Waals surface area contributed by atoms with E-state index in [1.54, 1.807) is 16.8 Å². The number of hydrogen-bond donors (Lipinski definition) is 1. The zero-order chi connectivity index (χ0) is 13.6. The summed E-state index contributed by atoms with van der Waals surface area (Å²) in [6, 6.07) is 11.0. The van der Waals surface area contributed by atoms with Gasteiger partial charge in [-0.15, -0.1) is 0 Å². The minimum Gasteiger partial charge on any atom is -0.507 e. The predicted octanol–water partition coefficient (Wildman–Crippen LogP) is 4.36. The second kappa shape index (κ2) is 4.54. The molecule has 0 saturated heterocycles. The number of aryl methyl sites for hydroxylation is 1. The molecular formula is C14H10BrClN2O. The average Bonchev–Trinajstić information content (AvgIpc) is 2.66. The van der Waals surface area contributed by atoms with Crippen molar-refractivity contribution in [3.05, 3.63) is 46.0 Å². The summed E-state index contributed by atoms with van der Waals surface area (Å²) in [5.74, 6) is 0.154. The lowest BCUT2D eigenvalue weighted by Gasteiger charge is -2.05. The van der Waals surface area contributed by atoms with Crippen LogP contribution in [0.25, 0.3) is 22.0 Å². The quantitative estimate of drug-likeness (QED) is 0.716. The van der Waals surface area contributed by atoms with Gasteiger partial charge >= 0.3 is 0 Å². The van der Waals surface area contributed by atoms with E-state index in [2.05, 4.69) is 21.0 Å². The highest BCUT2D eigenvalue weighted by atomic mass is 79.9. The van der Waals surface area contributed by atoms with Crippen LogP contribution in [0.1, 0.15) is 0 Å². The molecule has 3 aromatic rings. The summed E-state index contributed by atoms with van der Waals surface area (Å²) in [5, 5.41) is 16.0. The van der Waals surface area contributed by atoms with Gasteiger partial charge in [-0.2, -0.15) is 5.10 Å². The Balaban J connectivity index is 2.33. The van der Waals surface area contributed by atoms with Crippen LogP contribution < -0.4 is 0 Å². The molecule has 0 radical (unpaired) electrons. The largest absolute Gasteiger partial charge is 0.507 e. The van der Waals surface area contributed by atoms with Gasteiger partial charge in [0.25, 0.3) is 0 Å². The molecule has 19 heavy (non-hydrogen) atoms. The number of phenolic OH excluding ortho intramolecular Hbond substituents is 1. The van der Waals surface area contributed by atoms with E-state index in [-0.39, 0.29) is 5.75 Å². The molecule has 0 bridgehead atoms. The Morgan fingerprint density at radius 2 is 2.00 bits per heavy atom. The zero-order valence-electron chi connectivity index (χ0n) is 10.1. The molecule has 0 unspecified atom stereocenters. The number of rotatable bonds is 1. The number of nitrogens with zero attached hydrogens (tertiary/aromatic N) is 2. The van der Waals surface area contributed by atoms with E-state index >= 15 is 0 Å². The predicted molar refractivity (Wildman–Crippen MR) is 80.5 cm³/mol. The molecule has 3 rings (SSSR count). The molecule has 0 atom stereocenters. The van der Waals surface area contributed by atoms with Crippen LogP contribution in [0.2, 0.25) is 5.02 Å². The molecular weight excluding hydrogens is 328 g/mol. The Kier molecular flexibility index (Phi) is 2.99. The highest BCUT2D eigenvalue weighted by Gasteiger charge is 2.13. The van der Waals surface area contributed by atoms with Crippen LogP contribution in [0.5, 0.6) is 5.75 Å². The van der Waals surface area contributed by atoms with Crippen molar-refractivity contribution in [2.75, 3.05) is 0 Å². The van der Waals surface area contributed by atoms with Crippen LogP contribution in [-0.4, -0.2) is 14.9 Å². The van der Waals surface area contributed by atoms with E-state index < -0.39 is 0 Å². The third-order valence-electron chi connectivity index (χ3n) is 3.04. The number of aromatic nitrogens is 2. The summed E-state index contributed by atoms with van der Waals surface area (Å²) in [5.41, 5.74) is 2.45. The standard InChI is InChI=1S/C14H10BrClN2O/c1-18-14(15)11-4-2-3-10(13(11)17-18)9-6-5-8(16)7-12(9)19/h2-7,19H,1H3. The van der Waals surface area contributed by atoms with Crippen molar-refractivity contribution < 1.29 is 5.11 Å². The van der Waals surface area contributed by atoms with Crippen LogP contribution in [0.4, 0.5) is 0 Å². The second-order valence-corrected chi connectivity index (χ2v) is 5.47. The van der Waals surface area contributed by atoms with E-state index in [1.807, 2.05) is 25.2 Å². The molecule has 0 aliphatic rings. The van der Waals surface area contributed by atoms with Gasteiger partial charge in [0.05, 0.1) is 0 Å². The summed E-state index contributed by atoms with van der Waals surface area (Å²) >= 11 is 9.37. The molecule has 1 heterocycles. The summed E-state index contributed by atoms with van der Waals surface area (Å²) in [6.07, 6.45) is 0. The van der Waals surface area contributed by atoms with Gasteiger partial charge in [0.2, 0.25) is 0 Å². The van der Waals surface area contributed by atoms with Crippen molar-refractivity contribution in [3.63, 3.8) is 0 Å². The summed E-state index contributed by atoms with van der Waals surface area (Å²) in [6.45, 7) is 0. The maximum atomic E-state index is 10.0. The Hall–Kier alpha value is -1.52. The third kappa shape index (κ3) is 2.01. The van der Waals surface area contributed by atoms with Crippen molar-refractivity contribution >= 4 is 38.4 Å². The lowest BCUT2D eigenvalue weighted by molar-refractivity contribution is 0.477. The van der Waals surface area contributed by atoms with E-state index in [9.17, 15) is 5.11 Å². The average molecular weight is 338 g/mol. The zero-order valence-corrected chi connectivity index (χ0v) is 12.4. The lowest BCUT2D eigenvalue weighted by atomic mass is 10.0. The van der Waals surface area contributed by atoms with Crippen LogP contribution >= 0.6 is 27.5 Å². The van der Waals surface area contributed by atoms with Crippen LogP contribution in [0.3, 0.4) is 0 Å². The third-order valence-corrected chi connectivity index (χ3v) is 4.22. The van der Waals surface area contributed by atoms with Gasteiger partial charge in [-0.3, -0.25) is 4.68 Å². The fourth-order valence-corrected chi connectivity index (χ4v) is 2.70. The van der Waals surface area contributed by atoms with E-state index in [0.29, 0.717) is 5.02 Å². The summed E-state index contributed by atoms with van der Waals surface area (Å²) < 4.78 is 2.68. The number of aromatic hydroxyl groups is 1. The fourth-order valence-electron chi connectivity index (χ4n) is 2.14. The summed E-state index contributed by atoms with van der Waals surface area (Å²) in [7, 11) is 1.87. The first-order valence-electron chi connectivity index (χ1n) is 5.68. The van der Waals surface area contributed by atoms with Gasteiger partial charge in [0, 0.05) is 28.6 Å². The van der Waals surface area contributed by atoms with Crippen molar-refractivity contribution in [1.29, 1.82) is 0 Å². The first kappa shape index (κ1) is 12.5. The van der Waals surface area contributed by atoms with Crippen LogP contribution in [0.15, 0.2) is 41.0 Å². The number of halogens is 2. The van der Waals surface area contributed by atoms with Gasteiger partial charge < -0.3 is 5.11 Å². The molecule has 0 aliphatic carbocycles. The monoisotopic (exact) mass is 336 g/mol. The topological polar surface area (TPSA) is 38.0 Å². The van der Waals surface area contributed by atoms with E-state index in [1.165, 1.54) is 6.07 Å². The van der Waals surface area contributed by atoms with Gasteiger partial charge in [0.15, 0.2) is 0 Å². The van der Waals surface area contributed by atoms with Gasteiger partial charge in [-0.25, -0.2) is 0 Å². The van der Waals surface area contributed by atoms with Crippen LogP contribution in [0, 0.1) is 0 Å². The molecule has 1 N–H and O–H groups in total. The second-order valence-electron chi connectivity index (χ2n) is 4.28. The Bertz CT molecular complexity index is 782. The number of benzene rings is 2. The number of hydrogen-bond acceptors (Lipinski definition) is 2. The minimum atomic E-state index is 0.154. The van der Waals surface area contributed by atoms with Gasteiger partial charge in [-0.1, -0.05) is 23.7 Å². The molecule has 96 valence electrons. The van der Waals surface area contributed by atoms with Gasteiger partial charge in [0.1, 0.15) is 15.9 Å². The first-order chi connectivity index (χ1) is 9.08. The number of fused-ring (bicyclic) bond motifs is 1. The molecule has 0 aliphatic heterocycles. The lowest BCUT2D eigenvalue weighted by Crippen LogP contribution is -1.89. The normalized spacial score (nSPS) is 11.1. The highest BCUT2D eigenvalue weighted by molar-refractivity contribution is 9.10. The van der Waals surface area contributed by atoms with Crippen molar-refractivity contribution in [1.82, 2.24) is 9.78 Å². The number of phenols is 1. The van der Waals surface area contributed by atoms with E-state index in [0.717, 1.165) is 26.6 Å². The maximum Gasteiger partial charge on any atom is 0.124 e. The van der Waals surface area contributed by atoms with Crippen molar-refractivity contribution in [2.24, 2.45) is 7.05 Å². The molecule has 0 fully saturated rings. The SMILES string of the molecule is Cn1nc2c(-c3ccc(Cl)cc3O)cccc2c1Br. The Labute approximate surface area is 123 Å². The summed E-state index contributed by atoms with van der Waals surface area (Å²) in [4.78, 5) is 0. The van der Waals surface area contributed by atoms with Gasteiger partial charge in [-0.05, 0) is 40.2 Å². The molecule has 0 saturated carbocycles.